The number of aryl methyl sites for hydroxylation is 1. The first-order valence-corrected chi connectivity index (χ1v) is 13.9. The molecule has 4 heteroatoms. The number of carbonyl (C=O) groups excluding carboxylic acids is 1. The maximum absolute atomic E-state index is 12.3. The van der Waals surface area contributed by atoms with Crippen LogP contribution in [0.15, 0.2) is 60.7 Å². The molecule has 204 valence electrons. The highest BCUT2D eigenvalue weighted by Gasteiger charge is 2.20. The van der Waals surface area contributed by atoms with Gasteiger partial charge in [-0.05, 0) is 72.3 Å². The molecular weight excluding hydrogens is 463 g/mol. The lowest BCUT2D eigenvalue weighted by Crippen LogP contribution is -2.15. The fourth-order valence-electron chi connectivity index (χ4n) is 5.15. The Labute approximate surface area is 224 Å². The first kappa shape index (κ1) is 30.9. The number of halogens is 1. The number of benzene rings is 2. The fourth-order valence-corrected chi connectivity index (χ4v) is 5.15. The molecule has 1 atom stereocenters. The van der Waals surface area contributed by atoms with E-state index in [2.05, 4.69) is 55.1 Å². The summed E-state index contributed by atoms with van der Waals surface area (Å²) in [6.07, 6.45) is 12.5. The largest absolute Gasteiger partial charge is 0.396 e. The highest BCUT2D eigenvalue weighted by atomic mass is 19.1. The normalized spacial score (nSPS) is 17.9. The summed E-state index contributed by atoms with van der Waals surface area (Å²) in [5.74, 6) is 1.86. The van der Waals surface area contributed by atoms with E-state index in [1.165, 1.54) is 67.2 Å². The van der Waals surface area contributed by atoms with Gasteiger partial charge in [0.2, 0.25) is 0 Å². The van der Waals surface area contributed by atoms with E-state index in [9.17, 15) is 14.3 Å². The van der Waals surface area contributed by atoms with E-state index in [4.69, 9.17) is 4.74 Å². The summed E-state index contributed by atoms with van der Waals surface area (Å²) in [6, 6.07) is 17.7. The van der Waals surface area contributed by atoms with Crippen molar-refractivity contribution >= 4 is 6.29 Å². The molecule has 1 N–H and O–H groups in total. The quantitative estimate of drug-likeness (QED) is 0.160. The van der Waals surface area contributed by atoms with Crippen LogP contribution in [-0.2, 0) is 22.4 Å². The number of carbonyl (C=O) groups is 1. The van der Waals surface area contributed by atoms with Crippen molar-refractivity contribution in [2.45, 2.75) is 71.1 Å². The van der Waals surface area contributed by atoms with E-state index in [-0.39, 0.29) is 19.2 Å². The van der Waals surface area contributed by atoms with E-state index in [0.29, 0.717) is 12.2 Å². The summed E-state index contributed by atoms with van der Waals surface area (Å²) in [6.45, 7) is 5.55. The molecule has 1 unspecified atom stereocenters. The average Bonchev–Trinajstić information content (AvgIpc) is 2.93. The average molecular weight is 511 g/mol. The second kappa shape index (κ2) is 18.0. The zero-order valence-electron chi connectivity index (χ0n) is 23.0. The van der Waals surface area contributed by atoms with Gasteiger partial charge in [0.1, 0.15) is 6.29 Å². The van der Waals surface area contributed by atoms with Crippen LogP contribution in [0.25, 0.3) is 11.1 Å². The number of methoxy groups -OCH3 is 1. The minimum absolute atomic E-state index is 0.152. The minimum atomic E-state index is -0.153. The minimum Gasteiger partial charge on any atom is -0.396 e. The number of unbranched alkanes of at least 4 members (excludes halogenated alkanes) is 1. The van der Waals surface area contributed by atoms with Gasteiger partial charge in [-0.2, -0.15) is 0 Å². The molecule has 2 aromatic rings. The Hall–Kier alpha value is -2.30. The van der Waals surface area contributed by atoms with Crippen molar-refractivity contribution in [3.05, 3.63) is 71.8 Å². The molecule has 0 amide bonds. The van der Waals surface area contributed by atoms with E-state index in [1.54, 1.807) is 14.0 Å². The second-order valence-electron chi connectivity index (χ2n) is 10.7. The standard InChI is InChI=1S/C29H41FO2.C4H6O/c1-32-22-27(21-31)20-26-13-17-29(18-14-26)28-15-11-25(12-16-28)10-9-24-7-5-23(6-8-24)4-2-3-19-30;1-4(2)3-5/h11-18,23-24,27,31H,2-10,19-22H2,1H3;3H,1H2,2H3. The van der Waals surface area contributed by atoms with Crippen LogP contribution in [0, 0.1) is 17.8 Å². The van der Waals surface area contributed by atoms with Gasteiger partial charge in [0, 0.05) is 19.6 Å². The Morgan fingerprint density at radius 3 is 1.95 bits per heavy atom. The summed E-state index contributed by atoms with van der Waals surface area (Å²) in [4.78, 5) is 9.41. The number of aliphatic hydroxyl groups is 1. The summed E-state index contributed by atoms with van der Waals surface area (Å²) < 4.78 is 17.5. The first-order chi connectivity index (χ1) is 18.0. The molecule has 37 heavy (non-hydrogen) atoms. The van der Waals surface area contributed by atoms with Crippen LogP contribution in [0.3, 0.4) is 0 Å². The number of aldehydes is 1. The number of aliphatic hydroxyl groups excluding tert-OH is 1. The summed E-state index contributed by atoms with van der Waals surface area (Å²) in [5, 5.41) is 9.46. The van der Waals surface area contributed by atoms with E-state index >= 15 is 0 Å². The van der Waals surface area contributed by atoms with Gasteiger partial charge < -0.3 is 9.84 Å². The molecule has 0 bridgehead atoms. The van der Waals surface area contributed by atoms with Crippen molar-refractivity contribution in [3.8, 4) is 11.1 Å². The molecule has 3 nitrogen and oxygen atoms in total. The van der Waals surface area contributed by atoms with Crippen LogP contribution < -0.4 is 0 Å². The molecule has 0 spiro atoms. The van der Waals surface area contributed by atoms with Gasteiger partial charge in [0.15, 0.2) is 0 Å². The maximum Gasteiger partial charge on any atom is 0.145 e. The van der Waals surface area contributed by atoms with Crippen molar-refractivity contribution in [2.24, 2.45) is 17.8 Å². The zero-order valence-corrected chi connectivity index (χ0v) is 23.0. The van der Waals surface area contributed by atoms with Gasteiger partial charge in [0.25, 0.3) is 0 Å². The lowest BCUT2D eigenvalue weighted by Gasteiger charge is -2.28. The fraction of sp³-hybridized carbons (Fsp3) is 0.545. The van der Waals surface area contributed by atoms with Crippen LogP contribution in [0.5, 0.6) is 0 Å². The highest BCUT2D eigenvalue weighted by molar-refractivity contribution is 5.70. The first-order valence-electron chi connectivity index (χ1n) is 13.9. The molecule has 1 saturated carbocycles. The molecule has 1 fully saturated rings. The molecule has 0 saturated heterocycles. The third-order valence-electron chi connectivity index (χ3n) is 7.43. The van der Waals surface area contributed by atoms with Crippen molar-refractivity contribution < 1.29 is 19.0 Å². The third-order valence-corrected chi connectivity index (χ3v) is 7.43. The number of hydrogen-bond acceptors (Lipinski definition) is 3. The number of rotatable bonds is 14. The molecular formula is C33H47FO3. The number of allylic oxidation sites excluding steroid dienone is 1. The van der Waals surface area contributed by atoms with Crippen LogP contribution in [0.2, 0.25) is 0 Å². The number of ether oxygens (including phenoxy) is 1. The Kier molecular flexibility index (Phi) is 15.1. The highest BCUT2D eigenvalue weighted by Crippen LogP contribution is 2.34. The van der Waals surface area contributed by atoms with Crippen molar-refractivity contribution in [2.75, 3.05) is 27.0 Å². The Bertz CT molecular complexity index is 883. The SMILES string of the molecule is C=C(C)C=O.COCC(CO)Cc1ccc(-c2ccc(CCC3CCC(CCCCF)CC3)cc2)cc1. The number of hydrogen-bond donors (Lipinski definition) is 1. The summed E-state index contributed by atoms with van der Waals surface area (Å²) in [5.41, 5.74) is 5.73. The molecule has 0 aromatic heterocycles. The summed E-state index contributed by atoms with van der Waals surface area (Å²) in [7, 11) is 1.68. The molecule has 0 radical (unpaired) electrons. The zero-order chi connectivity index (χ0) is 26.9. The van der Waals surface area contributed by atoms with E-state index in [1.807, 2.05) is 0 Å². The van der Waals surface area contributed by atoms with Crippen molar-refractivity contribution in [3.63, 3.8) is 0 Å². The summed E-state index contributed by atoms with van der Waals surface area (Å²) >= 11 is 0. The molecule has 3 rings (SSSR count). The van der Waals surface area contributed by atoms with Gasteiger partial charge >= 0.3 is 0 Å². The van der Waals surface area contributed by atoms with Gasteiger partial charge in [-0.15, -0.1) is 0 Å². The van der Waals surface area contributed by atoms with Gasteiger partial charge in [-0.25, -0.2) is 0 Å². The van der Waals surface area contributed by atoms with Crippen molar-refractivity contribution in [1.29, 1.82) is 0 Å². The number of alkyl halides is 1. The smallest absolute Gasteiger partial charge is 0.145 e. The predicted octanol–water partition coefficient (Wildman–Crippen LogP) is 7.79. The third kappa shape index (κ3) is 12.2. The van der Waals surface area contributed by atoms with E-state index in [0.717, 1.165) is 37.4 Å². The van der Waals surface area contributed by atoms with Gasteiger partial charge in [-0.3, -0.25) is 9.18 Å². The lowest BCUT2D eigenvalue weighted by atomic mass is 9.78. The lowest BCUT2D eigenvalue weighted by molar-refractivity contribution is -0.104. The second-order valence-corrected chi connectivity index (χ2v) is 10.7. The molecule has 1 aliphatic carbocycles. The molecule has 1 aliphatic rings. The van der Waals surface area contributed by atoms with Crippen LogP contribution >= 0.6 is 0 Å². The maximum atomic E-state index is 12.3. The van der Waals surface area contributed by atoms with Gasteiger partial charge in [0.05, 0.1) is 13.3 Å². The van der Waals surface area contributed by atoms with Gasteiger partial charge in [-0.1, -0.05) is 93.6 Å². The predicted molar refractivity (Wildman–Crippen MR) is 153 cm³/mol. The Balaban J connectivity index is 0.000000877. The molecule has 0 aliphatic heterocycles. The Morgan fingerprint density at radius 2 is 1.49 bits per heavy atom. The monoisotopic (exact) mass is 510 g/mol. The van der Waals surface area contributed by atoms with Crippen LogP contribution in [0.1, 0.15) is 69.4 Å². The van der Waals surface area contributed by atoms with E-state index < -0.39 is 0 Å². The van der Waals surface area contributed by atoms with Crippen LogP contribution in [-0.4, -0.2) is 38.4 Å². The van der Waals surface area contributed by atoms with Crippen LogP contribution in [0.4, 0.5) is 4.39 Å². The van der Waals surface area contributed by atoms with Crippen molar-refractivity contribution in [1.82, 2.24) is 0 Å². The molecule has 0 heterocycles. The molecule has 2 aromatic carbocycles. The Morgan fingerprint density at radius 1 is 0.973 bits per heavy atom. The topological polar surface area (TPSA) is 46.5 Å².